The van der Waals surface area contributed by atoms with E-state index in [4.69, 9.17) is 4.98 Å². The van der Waals surface area contributed by atoms with Gasteiger partial charge in [0.15, 0.2) is 5.01 Å². The number of nitrogens with one attached hydrogen (secondary N) is 1. The Morgan fingerprint density at radius 1 is 0.963 bits per heavy atom. The van der Waals surface area contributed by atoms with Crippen molar-refractivity contribution in [3.63, 3.8) is 0 Å². The molecule has 1 aliphatic rings. The molecule has 3 aromatic rings. The lowest BCUT2D eigenvalue weighted by Gasteiger charge is -2.17. The first-order valence-electron chi connectivity index (χ1n) is 8.90. The van der Waals surface area contributed by atoms with Crippen molar-refractivity contribution >= 4 is 23.2 Å². The molecule has 0 unspecified atom stereocenters. The first-order valence-corrected chi connectivity index (χ1v) is 9.71. The molecule has 1 aliphatic heterocycles. The number of nitrogens with zero attached hydrogens (tertiary/aromatic N) is 2. The molecule has 0 aliphatic carbocycles. The van der Waals surface area contributed by atoms with Gasteiger partial charge in [0, 0.05) is 31.6 Å². The number of thiazole rings is 1. The number of carbonyl (C=O) groups is 2. The van der Waals surface area contributed by atoms with Crippen molar-refractivity contribution in [2.75, 3.05) is 19.6 Å². The third-order valence-corrected chi connectivity index (χ3v) is 5.59. The maximum atomic E-state index is 13.0. The van der Waals surface area contributed by atoms with Crippen LogP contribution in [0.25, 0.3) is 21.7 Å². The van der Waals surface area contributed by atoms with Gasteiger partial charge in [0.1, 0.15) is 0 Å². The quantitative estimate of drug-likeness (QED) is 0.761. The van der Waals surface area contributed by atoms with Crippen LogP contribution in [0.3, 0.4) is 0 Å². The van der Waals surface area contributed by atoms with Gasteiger partial charge >= 0.3 is 0 Å². The second-order valence-corrected chi connectivity index (χ2v) is 7.32. The number of rotatable bonds is 3. The van der Waals surface area contributed by atoms with Crippen LogP contribution in [-0.4, -0.2) is 41.3 Å². The molecular formula is C21H19N3O2S. The normalized spacial score (nSPS) is 14.5. The highest BCUT2D eigenvalue weighted by atomic mass is 32.1. The van der Waals surface area contributed by atoms with E-state index in [1.54, 1.807) is 4.90 Å². The minimum atomic E-state index is -0.115. The van der Waals surface area contributed by atoms with Crippen molar-refractivity contribution in [3.8, 4) is 21.7 Å². The van der Waals surface area contributed by atoms with E-state index in [0.717, 1.165) is 21.7 Å². The topological polar surface area (TPSA) is 62.3 Å². The molecule has 1 N–H and O–H groups in total. The zero-order chi connectivity index (χ0) is 18.6. The molecule has 1 saturated heterocycles. The molecule has 4 rings (SSSR count). The Labute approximate surface area is 161 Å². The summed E-state index contributed by atoms with van der Waals surface area (Å²) >= 11 is 1.41. The van der Waals surface area contributed by atoms with Crippen LogP contribution in [0.5, 0.6) is 0 Å². The summed E-state index contributed by atoms with van der Waals surface area (Å²) in [5, 5.41) is 3.26. The van der Waals surface area contributed by atoms with Crippen LogP contribution >= 0.6 is 11.3 Å². The molecule has 136 valence electrons. The fourth-order valence-corrected chi connectivity index (χ4v) is 4.15. The van der Waals surface area contributed by atoms with Gasteiger partial charge in [0.05, 0.1) is 10.6 Å². The highest BCUT2D eigenvalue weighted by Crippen LogP contribution is 2.37. The molecule has 27 heavy (non-hydrogen) atoms. The number of carbonyl (C=O) groups excluding carboxylic acids is 2. The fourth-order valence-electron chi connectivity index (χ4n) is 3.09. The fraction of sp³-hybridized carbons (Fsp3) is 0.190. The average Bonchev–Trinajstić information content (AvgIpc) is 3.05. The summed E-state index contributed by atoms with van der Waals surface area (Å²) in [4.78, 5) is 32.0. The van der Waals surface area contributed by atoms with Crippen molar-refractivity contribution in [1.82, 2.24) is 15.2 Å². The van der Waals surface area contributed by atoms with E-state index >= 15 is 0 Å². The van der Waals surface area contributed by atoms with Gasteiger partial charge in [-0.25, -0.2) is 4.98 Å². The molecule has 5 nitrogen and oxygen atoms in total. The zero-order valence-electron chi connectivity index (χ0n) is 14.7. The standard InChI is InChI=1S/C21H19N3O2S/c25-17-11-13-24(14-12-22-17)21(26)20-23-18(15-7-3-1-4-8-15)19(27-20)16-9-5-2-6-10-16/h1-10H,11-14H2,(H,22,25). The maximum Gasteiger partial charge on any atom is 0.282 e. The number of hydrogen-bond acceptors (Lipinski definition) is 4. The summed E-state index contributed by atoms with van der Waals surface area (Å²) in [6.07, 6.45) is 0.328. The lowest BCUT2D eigenvalue weighted by Crippen LogP contribution is -2.34. The van der Waals surface area contributed by atoms with E-state index < -0.39 is 0 Å². The summed E-state index contributed by atoms with van der Waals surface area (Å²) in [6.45, 7) is 1.41. The SMILES string of the molecule is O=C1CCN(C(=O)c2nc(-c3ccccc3)c(-c3ccccc3)s2)CCN1. The van der Waals surface area contributed by atoms with Crippen molar-refractivity contribution in [3.05, 3.63) is 65.7 Å². The average molecular weight is 377 g/mol. The predicted molar refractivity (Wildman–Crippen MR) is 107 cm³/mol. The number of amides is 2. The maximum absolute atomic E-state index is 13.0. The van der Waals surface area contributed by atoms with Gasteiger partial charge < -0.3 is 10.2 Å². The van der Waals surface area contributed by atoms with Crippen molar-refractivity contribution in [2.45, 2.75) is 6.42 Å². The predicted octanol–water partition coefficient (Wildman–Crippen LogP) is 3.44. The van der Waals surface area contributed by atoms with Gasteiger partial charge in [-0.15, -0.1) is 11.3 Å². The van der Waals surface area contributed by atoms with Gasteiger partial charge in [0.2, 0.25) is 5.91 Å². The third kappa shape index (κ3) is 3.75. The molecule has 0 saturated carbocycles. The minimum absolute atomic E-state index is 0.0145. The van der Waals surface area contributed by atoms with Crippen LogP contribution < -0.4 is 5.32 Å². The van der Waals surface area contributed by atoms with E-state index in [1.165, 1.54) is 11.3 Å². The first-order chi connectivity index (χ1) is 13.2. The highest BCUT2D eigenvalue weighted by Gasteiger charge is 2.25. The first kappa shape index (κ1) is 17.4. The Morgan fingerprint density at radius 3 is 2.33 bits per heavy atom. The molecule has 6 heteroatoms. The van der Waals surface area contributed by atoms with Gasteiger partial charge in [-0.05, 0) is 5.56 Å². The monoisotopic (exact) mass is 377 g/mol. The van der Waals surface area contributed by atoms with Crippen molar-refractivity contribution < 1.29 is 9.59 Å². The molecule has 0 atom stereocenters. The molecule has 0 radical (unpaired) electrons. The second kappa shape index (κ2) is 7.72. The summed E-state index contributed by atoms with van der Waals surface area (Å²) in [6, 6.07) is 19.9. The van der Waals surface area contributed by atoms with E-state index in [0.29, 0.717) is 31.1 Å². The van der Waals surface area contributed by atoms with Crippen LogP contribution in [0.2, 0.25) is 0 Å². The molecule has 2 heterocycles. The summed E-state index contributed by atoms with van der Waals surface area (Å²) < 4.78 is 0. The van der Waals surface area contributed by atoms with E-state index in [2.05, 4.69) is 5.32 Å². The molecule has 0 bridgehead atoms. The second-order valence-electron chi connectivity index (χ2n) is 6.32. The molecule has 2 amide bonds. The minimum Gasteiger partial charge on any atom is -0.354 e. The summed E-state index contributed by atoms with van der Waals surface area (Å²) in [5.41, 5.74) is 2.85. The van der Waals surface area contributed by atoms with Crippen molar-refractivity contribution in [2.24, 2.45) is 0 Å². The largest absolute Gasteiger partial charge is 0.354 e. The van der Waals surface area contributed by atoms with E-state index in [-0.39, 0.29) is 11.8 Å². The molecule has 1 fully saturated rings. The summed E-state index contributed by atoms with van der Waals surface area (Å²) in [7, 11) is 0. The Hall–Kier alpha value is -2.99. The van der Waals surface area contributed by atoms with Crippen molar-refractivity contribution in [1.29, 1.82) is 0 Å². The molecule has 0 spiro atoms. The van der Waals surface area contributed by atoms with Crippen LogP contribution in [0, 0.1) is 0 Å². The van der Waals surface area contributed by atoms with E-state index in [1.807, 2.05) is 60.7 Å². The molecule has 1 aromatic heterocycles. The van der Waals surface area contributed by atoms with Gasteiger partial charge in [0.25, 0.3) is 5.91 Å². The zero-order valence-corrected chi connectivity index (χ0v) is 15.5. The Morgan fingerprint density at radius 2 is 1.63 bits per heavy atom. The number of aromatic nitrogens is 1. The van der Waals surface area contributed by atoms with E-state index in [9.17, 15) is 9.59 Å². The van der Waals surface area contributed by atoms with Gasteiger partial charge in [-0.3, -0.25) is 9.59 Å². The summed E-state index contributed by atoms with van der Waals surface area (Å²) in [5.74, 6) is -0.129. The van der Waals surface area contributed by atoms with Gasteiger partial charge in [-0.1, -0.05) is 60.7 Å². The Balaban J connectivity index is 1.73. The van der Waals surface area contributed by atoms with Crippen LogP contribution in [0.1, 0.15) is 16.2 Å². The highest BCUT2D eigenvalue weighted by molar-refractivity contribution is 7.17. The smallest absolute Gasteiger partial charge is 0.282 e. The van der Waals surface area contributed by atoms with Crippen LogP contribution in [-0.2, 0) is 4.79 Å². The van der Waals surface area contributed by atoms with Crippen LogP contribution in [0.4, 0.5) is 0 Å². The van der Waals surface area contributed by atoms with Gasteiger partial charge in [-0.2, -0.15) is 0 Å². The Kier molecular flexibility index (Phi) is 4.98. The number of hydrogen-bond donors (Lipinski definition) is 1. The lowest BCUT2D eigenvalue weighted by molar-refractivity contribution is -0.120. The molecular weight excluding hydrogens is 358 g/mol. The third-order valence-electron chi connectivity index (χ3n) is 4.49. The molecule has 2 aromatic carbocycles. The van der Waals surface area contributed by atoms with Crippen LogP contribution in [0.15, 0.2) is 60.7 Å². The lowest BCUT2D eigenvalue weighted by atomic mass is 10.1. The number of benzene rings is 2. The Bertz CT molecular complexity index is 897.